The van der Waals surface area contributed by atoms with Crippen LogP contribution in [0.4, 0.5) is 10.1 Å². The number of carbonyl (C=O) groups is 4. The Hall–Kier alpha value is -3.43. The number of imide groups is 2. The summed E-state index contributed by atoms with van der Waals surface area (Å²) in [6.45, 7) is 3.92. The fourth-order valence-electron chi connectivity index (χ4n) is 7.17. The molecule has 2 heterocycles. The number of carbonyl (C=O) groups excluding carboxylic acids is 4. The molecule has 214 valence electrons. The van der Waals surface area contributed by atoms with Crippen LogP contribution in [-0.2, 0) is 19.2 Å². The summed E-state index contributed by atoms with van der Waals surface area (Å²) >= 11 is 14.6. The van der Waals surface area contributed by atoms with Crippen LogP contribution in [0.25, 0.3) is 0 Å². The number of halogens is 3. The van der Waals surface area contributed by atoms with Crippen LogP contribution in [0.15, 0.2) is 54.1 Å². The highest BCUT2D eigenvalue weighted by Crippen LogP contribution is 2.66. The molecule has 4 amide bonds. The first-order valence-corrected chi connectivity index (χ1v) is 14.3. The lowest BCUT2D eigenvalue weighted by Crippen LogP contribution is -2.60. The number of fused-ring (bicyclic) bond motifs is 4. The molecule has 3 fully saturated rings. The van der Waals surface area contributed by atoms with E-state index < -0.39 is 51.1 Å². The van der Waals surface area contributed by atoms with Crippen molar-refractivity contribution in [3.05, 3.63) is 65.5 Å². The molecule has 11 heteroatoms. The fraction of sp³-hybridized carbons (Fsp3) is 0.400. The number of para-hydroxylation sites is 1. The van der Waals surface area contributed by atoms with Crippen molar-refractivity contribution in [2.24, 2.45) is 17.8 Å². The number of nitrogens with zero attached hydrogens (tertiary/aromatic N) is 2. The highest BCUT2D eigenvalue weighted by atomic mass is 35.5. The lowest BCUT2D eigenvalue weighted by atomic mass is 9.56. The van der Waals surface area contributed by atoms with Crippen molar-refractivity contribution in [1.82, 2.24) is 4.90 Å². The van der Waals surface area contributed by atoms with Crippen LogP contribution in [0.2, 0.25) is 0 Å². The number of hydrogen-bond acceptors (Lipinski definition) is 6. The number of ether oxygens (including phenoxy) is 1. The largest absolute Gasteiger partial charge is 0.504 e. The zero-order valence-corrected chi connectivity index (χ0v) is 23.8. The second kappa shape index (κ2) is 9.56. The van der Waals surface area contributed by atoms with Crippen LogP contribution < -0.4 is 9.64 Å². The van der Waals surface area contributed by atoms with Gasteiger partial charge in [0.1, 0.15) is 5.82 Å². The Bertz CT molecular complexity index is 1530. The van der Waals surface area contributed by atoms with Crippen molar-refractivity contribution in [1.29, 1.82) is 0 Å². The highest BCUT2D eigenvalue weighted by Gasteiger charge is 2.76. The second-order valence-corrected chi connectivity index (χ2v) is 12.0. The average molecular weight is 601 g/mol. The number of amides is 4. The molecule has 0 radical (unpaired) electrons. The summed E-state index contributed by atoms with van der Waals surface area (Å²) in [6, 6.07) is 9.57. The lowest BCUT2D eigenvalue weighted by Gasteiger charge is -2.50. The number of allylic oxidation sites excluding steroid dienone is 2. The van der Waals surface area contributed by atoms with Gasteiger partial charge in [0.25, 0.3) is 11.8 Å². The molecule has 2 saturated heterocycles. The number of anilines is 1. The molecule has 6 atom stereocenters. The average Bonchev–Trinajstić information content (AvgIpc) is 3.28. The van der Waals surface area contributed by atoms with Gasteiger partial charge in [-0.25, -0.2) is 9.29 Å². The first kappa shape index (κ1) is 27.7. The molecular formula is C30H27Cl2FN2O6. The van der Waals surface area contributed by atoms with Gasteiger partial charge in [0, 0.05) is 18.0 Å². The minimum Gasteiger partial charge on any atom is -0.504 e. The molecule has 6 unspecified atom stereocenters. The van der Waals surface area contributed by atoms with Crippen molar-refractivity contribution in [3.63, 3.8) is 0 Å². The molecule has 2 aliphatic carbocycles. The molecule has 1 saturated carbocycles. The zero-order chi connectivity index (χ0) is 29.4. The smallest absolute Gasteiger partial charge is 0.258 e. The number of likely N-dealkylation sites (tertiary alicyclic amines) is 1. The quantitative estimate of drug-likeness (QED) is 0.307. The predicted molar refractivity (Wildman–Crippen MR) is 148 cm³/mol. The third-order valence-electron chi connectivity index (χ3n) is 8.94. The van der Waals surface area contributed by atoms with Crippen LogP contribution in [-0.4, -0.2) is 56.5 Å². The molecule has 2 aromatic rings. The van der Waals surface area contributed by atoms with Crippen molar-refractivity contribution in [2.75, 3.05) is 18.1 Å². The van der Waals surface area contributed by atoms with E-state index in [1.165, 1.54) is 17.0 Å². The molecule has 6 rings (SSSR count). The number of alkyl halides is 2. The number of phenolic OH excluding ortho intramolecular Hbond substituents is 1. The van der Waals surface area contributed by atoms with Gasteiger partial charge in [0.05, 0.1) is 24.1 Å². The molecule has 0 bridgehead atoms. The number of rotatable bonds is 5. The Kier molecular flexibility index (Phi) is 6.46. The van der Waals surface area contributed by atoms with Crippen molar-refractivity contribution in [2.45, 2.75) is 42.4 Å². The molecule has 0 aromatic heterocycles. The Labute approximate surface area is 245 Å². The van der Waals surface area contributed by atoms with Gasteiger partial charge >= 0.3 is 0 Å². The first-order valence-electron chi connectivity index (χ1n) is 13.5. The molecule has 1 N–H and O–H groups in total. The van der Waals surface area contributed by atoms with E-state index in [2.05, 4.69) is 0 Å². The van der Waals surface area contributed by atoms with Gasteiger partial charge in [-0.3, -0.25) is 24.1 Å². The summed E-state index contributed by atoms with van der Waals surface area (Å²) in [5.74, 6) is -6.28. The normalized spacial score (nSPS) is 32.6. The van der Waals surface area contributed by atoms with Crippen molar-refractivity contribution < 1.29 is 33.4 Å². The second-order valence-electron chi connectivity index (χ2n) is 10.8. The molecule has 2 aliphatic heterocycles. The van der Waals surface area contributed by atoms with Crippen molar-refractivity contribution >= 4 is 52.5 Å². The van der Waals surface area contributed by atoms with Gasteiger partial charge in [0.2, 0.25) is 11.8 Å². The minimum absolute atomic E-state index is 0.0843. The molecular weight excluding hydrogens is 574 g/mol. The highest BCUT2D eigenvalue weighted by molar-refractivity contribution is 6.58. The summed E-state index contributed by atoms with van der Waals surface area (Å²) in [6.07, 6.45) is 1.84. The number of hydrogen-bond donors (Lipinski definition) is 1. The third kappa shape index (κ3) is 3.57. The van der Waals surface area contributed by atoms with Gasteiger partial charge in [-0.15, -0.1) is 23.2 Å². The maximum Gasteiger partial charge on any atom is 0.258 e. The van der Waals surface area contributed by atoms with Gasteiger partial charge in [-0.05, 0) is 62.9 Å². The fourth-order valence-corrected chi connectivity index (χ4v) is 8.09. The number of benzene rings is 2. The standard InChI is InChI=1S/C30H27Cl2FN2O6/c1-3-34-25(37)18-13-12-17-20(22(18)26(34)38)14-29(31)27(39)35(16-10-8-15(33)9-11-16)28(40)30(29,32)23(17)19-6-5-7-21(24(19)36)41-4-2/h5-12,18,20,22-23,36H,3-4,13-14H2,1-2H3. The summed E-state index contributed by atoms with van der Waals surface area (Å²) < 4.78 is 19.4. The Balaban J connectivity index is 1.58. The van der Waals surface area contributed by atoms with E-state index in [1.54, 1.807) is 38.1 Å². The van der Waals surface area contributed by atoms with Crippen LogP contribution in [0.3, 0.4) is 0 Å². The SMILES string of the molecule is CCOc1cccc(C2C3=CCC4C(=O)N(CC)C(=O)C4C3CC3(Cl)C(=O)N(c4ccc(F)cc4)C(=O)C23Cl)c1O. The third-order valence-corrected chi connectivity index (χ3v) is 10.4. The predicted octanol–water partition coefficient (Wildman–Crippen LogP) is 4.51. The lowest BCUT2D eigenvalue weighted by molar-refractivity contribution is -0.140. The van der Waals surface area contributed by atoms with E-state index in [0.29, 0.717) is 5.57 Å². The van der Waals surface area contributed by atoms with Gasteiger partial charge in [-0.2, -0.15) is 0 Å². The Morgan fingerprint density at radius 2 is 1.71 bits per heavy atom. The maximum atomic E-state index is 14.3. The molecule has 2 aromatic carbocycles. The molecule has 8 nitrogen and oxygen atoms in total. The van der Waals surface area contributed by atoms with Crippen LogP contribution in [0.5, 0.6) is 11.5 Å². The van der Waals surface area contributed by atoms with E-state index in [0.717, 1.165) is 17.0 Å². The summed E-state index contributed by atoms with van der Waals surface area (Å²) in [5.41, 5.74) is 0.847. The zero-order valence-electron chi connectivity index (χ0n) is 22.3. The van der Waals surface area contributed by atoms with Gasteiger partial charge in [0.15, 0.2) is 21.2 Å². The summed E-state index contributed by atoms with van der Waals surface area (Å²) in [4.78, 5) is 53.0. The molecule has 41 heavy (non-hydrogen) atoms. The first-order chi connectivity index (χ1) is 19.5. The monoisotopic (exact) mass is 600 g/mol. The number of aromatic hydroxyl groups is 1. The number of phenols is 1. The Morgan fingerprint density at radius 1 is 1.00 bits per heavy atom. The molecule has 4 aliphatic rings. The van der Waals surface area contributed by atoms with Gasteiger partial charge < -0.3 is 9.84 Å². The van der Waals surface area contributed by atoms with E-state index >= 15 is 0 Å². The minimum atomic E-state index is -2.13. The maximum absolute atomic E-state index is 14.3. The summed E-state index contributed by atoms with van der Waals surface area (Å²) in [5, 5.41) is 11.4. The van der Waals surface area contributed by atoms with E-state index in [1.807, 2.05) is 0 Å². The van der Waals surface area contributed by atoms with Crippen LogP contribution in [0, 0.1) is 23.6 Å². The van der Waals surface area contributed by atoms with Crippen LogP contribution in [0.1, 0.15) is 38.2 Å². The Morgan fingerprint density at radius 3 is 2.37 bits per heavy atom. The van der Waals surface area contributed by atoms with E-state index in [-0.39, 0.29) is 60.6 Å². The van der Waals surface area contributed by atoms with Crippen LogP contribution >= 0.6 is 23.2 Å². The molecule has 0 spiro atoms. The topological polar surface area (TPSA) is 104 Å². The van der Waals surface area contributed by atoms with Gasteiger partial charge in [-0.1, -0.05) is 23.8 Å². The van der Waals surface area contributed by atoms with E-state index in [4.69, 9.17) is 27.9 Å². The van der Waals surface area contributed by atoms with E-state index in [9.17, 15) is 28.7 Å². The summed E-state index contributed by atoms with van der Waals surface area (Å²) in [7, 11) is 0. The van der Waals surface area contributed by atoms with Crippen molar-refractivity contribution in [3.8, 4) is 11.5 Å².